The van der Waals surface area contributed by atoms with Gasteiger partial charge in [0.2, 0.25) is 0 Å². The lowest BCUT2D eigenvalue weighted by Crippen LogP contribution is -2.29. The molecule has 3 nitrogen and oxygen atoms in total. The Balaban J connectivity index is 1.82. The first kappa shape index (κ1) is 9.97. The van der Waals surface area contributed by atoms with Gasteiger partial charge in [0, 0.05) is 14.1 Å². The minimum atomic E-state index is -0.118. The van der Waals surface area contributed by atoms with Crippen molar-refractivity contribution in [3.8, 4) is 0 Å². The molecule has 1 aliphatic carbocycles. The molecule has 1 heterocycles. The number of hydrogen-bond donors (Lipinski definition) is 0. The summed E-state index contributed by atoms with van der Waals surface area (Å²) in [7, 11) is 3.59. The summed E-state index contributed by atoms with van der Waals surface area (Å²) in [4.78, 5) is 13.2. The summed E-state index contributed by atoms with van der Waals surface area (Å²) in [5.41, 5.74) is 0. The lowest BCUT2D eigenvalue weighted by molar-refractivity contribution is -0.129. The second-order valence-corrected chi connectivity index (χ2v) is 4.65. The van der Waals surface area contributed by atoms with E-state index in [0.717, 1.165) is 0 Å². The molecule has 1 aliphatic heterocycles. The van der Waals surface area contributed by atoms with Crippen molar-refractivity contribution in [3.63, 3.8) is 0 Å². The molecular weight excluding hydrogens is 178 g/mol. The molecule has 0 aromatic heterocycles. The molecule has 1 saturated heterocycles. The van der Waals surface area contributed by atoms with E-state index < -0.39 is 0 Å². The molecule has 0 radical (unpaired) electrons. The topological polar surface area (TPSA) is 32.8 Å². The predicted octanol–water partition coefficient (Wildman–Crippen LogP) is 1.42. The number of hydrogen-bond acceptors (Lipinski definition) is 2. The second kappa shape index (κ2) is 3.89. The van der Waals surface area contributed by atoms with E-state index in [4.69, 9.17) is 4.74 Å². The third-order valence-electron chi connectivity index (χ3n) is 3.32. The Kier molecular flexibility index (Phi) is 2.77. The standard InChI is InChI=1S/C11H19NO2/c1-12(2)11(13)10-9(14-10)8-6-4-3-5-7-8/h8-10H,3-7H2,1-2H3/t9-,10+/m0/s1. The largest absolute Gasteiger partial charge is 0.359 e. The van der Waals surface area contributed by atoms with E-state index in [1.54, 1.807) is 19.0 Å². The zero-order chi connectivity index (χ0) is 10.1. The maximum Gasteiger partial charge on any atom is 0.253 e. The van der Waals surface area contributed by atoms with Crippen LogP contribution >= 0.6 is 0 Å². The Bertz CT molecular complexity index is 221. The number of ether oxygens (including phenoxy) is 1. The van der Waals surface area contributed by atoms with E-state index in [1.807, 2.05) is 0 Å². The number of carbonyl (C=O) groups excluding carboxylic acids is 1. The Morgan fingerprint density at radius 1 is 1.21 bits per heavy atom. The molecule has 14 heavy (non-hydrogen) atoms. The van der Waals surface area contributed by atoms with Crippen LogP contribution in [0.1, 0.15) is 32.1 Å². The summed E-state index contributed by atoms with van der Waals surface area (Å²) in [5, 5.41) is 0. The highest BCUT2D eigenvalue weighted by Crippen LogP contribution is 2.38. The number of nitrogens with zero attached hydrogens (tertiary/aromatic N) is 1. The molecule has 1 saturated carbocycles. The van der Waals surface area contributed by atoms with Crippen molar-refractivity contribution in [2.45, 2.75) is 44.3 Å². The Morgan fingerprint density at radius 3 is 2.43 bits per heavy atom. The molecule has 0 unspecified atom stereocenters. The highest BCUT2D eigenvalue weighted by molar-refractivity contribution is 5.83. The van der Waals surface area contributed by atoms with E-state index in [-0.39, 0.29) is 18.1 Å². The first-order valence-electron chi connectivity index (χ1n) is 5.57. The van der Waals surface area contributed by atoms with E-state index in [1.165, 1.54) is 32.1 Å². The lowest BCUT2D eigenvalue weighted by atomic mass is 9.86. The molecular formula is C11H19NO2. The highest BCUT2D eigenvalue weighted by Gasteiger charge is 2.49. The fourth-order valence-corrected chi connectivity index (χ4v) is 2.40. The van der Waals surface area contributed by atoms with Crippen molar-refractivity contribution < 1.29 is 9.53 Å². The van der Waals surface area contributed by atoms with Gasteiger partial charge in [0.1, 0.15) is 0 Å². The van der Waals surface area contributed by atoms with Gasteiger partial charge in [0.15, 0.2) is 6.10 Å². The minimum Gasteiger partial charge on any atom is -0.359 e. The van der Waals surface area contributed by atoms with Gasteiger partial charge in [-0.05, 0) is 18.8 Å². The molecule has 2 fully saturated rings. The number of epoxide rings is 1. The van der Waals surface area contributed by atoms with Crippen LogP contribution in [0, 0.1) is 5.92 Å². The van der Waals surface area contributed by atoms with Gasteiger partial charge in [-0.1, -0.05) is 19.3 Å². The molecule has 80 valence electrons. The van der Waals surface area contributed by atoms with Gasteiger partial charge in [0.25, 0.3) is 5.91 Å². The number of amides is 1. The van der Waals surface area contributed by atoms with E-state index in [9.17, 15) is 4.79 Å². The van der Waals surface area contributed by atoms with Gasteiger partial charge in [-0.15, -0.1) is 0 Å². The number of rotatable bonds is 2. The third-order valence-corrected chi connectivity index (χ3v) is 3.32. The summed E-state index contributed by atoms with van der Waals surface area (Å²) < 4.78 is 5.49. The molecule has 0 aromatic rings. The van der Waals surface area contributed by atoms with Crippen LogP contribution in [0.25, 0.3) is 0 Å². The quantitative estimate of drug-likeness (QED) is 0.627. The molecule has 0 bridgehead atoms. The molecule has 0 spiro atoms. The van der Waals surface area contributed by atoms with E-state index >= 15 is 0 Å². The summed E-state index contributed by atoms with van der Waals surface area (Å²) in [6, 6.07) is 0. The van der Waals surface area contributed by atoms with Gasteiger partial charge < -0.3 is 9.64 Å². The third kappa shape index (κ3) is 1.92. The van der Waals surface area contributed by atoms with Gasteiger partial charge in [0.05, 0.1) is 6.10 Å². The maximum atomic E-state index is 11.6. The number of likely N-dealkylation sites (N-methyl/N-ethyl adjacent to an activating group) is 1. The Labute approximate surface area is 85.4 Å². The predicted molar refractivity (Wildman–Crippen MR) is 53.9 cm³/mol. The fourth-order valence-electron chi connectivity index (χ4n) is 2.40. The lowest BCUT2D eigenvalue weighted by Gasteiger charge is -2.19. The average Bonchev–Trinajstić information content (AvgIpc) is 2.97. The maximum absolute atomic E-state index is 11.6. The first-order valence-corrected chi connectivity index (χ1v) is 5.57. The van der Waals surface area contributed by atoms with Crippen LogP contribution in [-0.2, 0) is 9.53 Å². The van der Waals surface area contributed by atoms with Crippen LogP contribution in [0.4, 0.5) is 0 Å². The van der Waals surface area contributed by atoms with Gasteiger partial charge in [-0.25, -0.2) is 0 Å². The van der Waals surface area contributed by atoms with Crippen LogP contribution in [0.2, 0.25) is 0 Å². The van der Waals surface area contributed by atoms with Crippen molar-refractivity contribution in [1.29, 1.82) is 0 Å². The zero-order valence-corrected chi connectivity index (χ0v) is 9.03. The molecule has 2 atom stereocenters. The van der Waals surface area contributed by atoms with Crippen molar-refractivity contribution in [2.75, 3.05) is 14.1 Å². The normalized spacial score (nSPS) is 32.7. The summed E-state index contributed by atoms with van der Waals surface area (Å²) in [6.07, 6.45) is 6.61. The molecule has 0 aromatic carbocycles. The average molecular weight is 197 g/mol. The molecule has 2 rings (SSSR count). The van der Waals surface area contributed by atoms with Gasteiger partial charge in [-0.2, -0.15) is 0 Å². The van der Waals surface area contributed by atoms with Crippen molar-refractivity contribution in [3.05, 3.63) is 0 Å². The van der Waals surface area contributed by atoms with Crippen LogP contribution in [0.3, 0.4) is 0 Å². The van der Waals surface area contributed by atoms with E-state index in [2.05, 4.69) is 0 Å². The van der Waals surface area contributed by atoms with Gasteiger partial charge in [-0.3, -0.25) is 4.79 Å². The van der Waals surface area contributed by atoms with Crippen molar-refractivity contribution in [1.82, 2.24) is 4.90 Å². The minimum absolute atomic E-state index is 0.118. The molecule has 1 amide bonds. The molecule has 3 heteroatoms. The fraction of sp³-hybridized carbons (Fsp3) is 0.909. The summed E-state index contributed by atoms with van der Waals surface area (Å²) in [6.45, 7) is 0. The van der Waals surface area contributed by atoms with E-state index in [0.29, 0.717) is 5.92 Å². The number of carbonyl (C=O) groups is 1. The van der Waals surface area contributed by atoms with Crippen LogP contribution in [0.15, 0.2) is 0 Å². The van der Waals surface area contributed by atoms with Crippen molar-refractivity contribution >= 4 is 5.91 Å². The first-order chi connectivity index (χ1) is 6.70. The van der Waals surface area contributed by atoms with Gasteiger partial charge >= 0.3 is 0 Å². The van der Waals surface area contributed by atoms with Crippen LogP contribution in [-0.4, -0.2) is 37.1 Å². The molecule has 0 N–H and O–H groups in total. The second-order valence-electron chi connectivity index (χ2n) is 4.65. The molecule has 2 aliphatic rings. The smallest absolute Gasteiger partial charge is 0.253 e. The summed E-state index contributed by atoms with van der Waals surface area (Å²) in [5.74, 6) is 0.790. The van der Waals surface area contributed by atoms with Crippen LogP contribution in [0.5, 0.6) is 0 Å². The SMILES string of the molecule is CN(C)C(=O)[C@@H]1O[C@H]1C1CCCCC1. The van der Waals surface area contributed by atoms with Crippen molar-refractivity contribution in [2.24, 2.45) is 5.92 Å². The summed E-state index contributed by atoms with van der Waals surface area (Å²) >= 11 is 0. The Hall–Kier alpha value is -0.570. The van der Waals surface area contributed by atoms with Crippen LogP contribution < -0.4 is 0 Å². The highest BCUT2D eigenvalue weighted by atomic mass is 16.6. The Morgan fingerprint density at radius 2 is 1.86 bits per heavy atom. The monoisotopic (exact) mass is 197 g/mol. The zero-order valence-electron chi connectivity index (χ0n) is 9.03.